The smallest absolute Gasteiger partial charge is 0.339 e. The van der Waals surface area contributed by atoms with Crippen molar-refractivity contribution >= 4 is 39.2 Å². The van der Waals surface area contributed by atoms with E-state index in [0.717, 1.165) is 0 Å². The standard InChI is InChI=1S/C16H12Cl2N2O4S/c17-14-6-5-13(9-15(14)18)25(22,23)20-10-11-1-3-12(4-2-11)16(21)24-8-7-19/h1-6,9,20H,8,10H2. The Balaban J connectivity index is 2.04. The van der Waals surface area contributed by atoms with Crippen molar-refractivity contribution < 1.29 is 17.9 Å². The van der Waals surface area contributed by atoms with Gasteiger partial charge in [-0.05, 0) is 35.9 Å². The Morgan fingerprint density at radius 1 is 1.12 bits per heavy atom. The summed E-state index contributed by atoms with van der Waals surface area (Å²) in [5.74, 6) is -0.621. The first-order chi connectivity index (χ1) is 11.8. The lowest BCUT2D eigenvalue weighted by atomic mass is 10.1. The highest BCUT2D eigenvalue weighted by Gasteiger charge is 2.15. The number of rotatable bonds is 6. The largest absolute Gasteiger partial charge is 0.447 e. The number of carbonyl (C=O) groups is 1. The van der Waals surface area contributed by atoms with Gasteiger partial charge in [-0.1, -0.05) is 35.3 Å². The molecule has 0 aliphatic carbocycles. The number of hydrogen-bond acceptors (Lipinski definition) is 5. The van der Waals surface area contributed by atoms with E-state index in [1.807, 2.05) is 0 Å². The van der Waals surface area contributed by atoms with Crippen molar-refractivity contribution in [2.75, 3.05) is 6.61 Å². The minimum atomic E-state index is -3.76. The van der Waals surface area contributed by atoms with E-state index in [0.29, 0.717) is 5.56 Å². The summed E-state index contributed by atoms with van der Waals surface area (Å²) in [5.41, 5.74) is 0.909. The fraction of sp³-hybridized carbons (Fsp3) is 0.125. The first kappa shape index (κ1) is 19.2. The van der Waals surface area contributed by atoms with Crippen LogP contribution in [0.3, 0.4) is 0 Å². The van der Waals surface area contributed by atoms with Crippen molar-refractivity contribution in [3.8, 4) is 6.07 Å². The molecule has 0 unspecified atom stereocenters. The van der Waals surface area contributed by atoms with E-state index in [-0.39, 0.29) is 33.7 Å². The normalized spacial score (nSPS) is 10.9. The molecular formula is C16H12Cl2N2O4S. The Morgan fingerprint density at radius 3 is 2.40 bits per heavy atom. The molecule has 0 saturated heterocycles. The topological polar surface area (TPSA) is 96.3 Å². The van der Waals surface area contributed by atoms with Gasteiger partial charge in [-0.25, -0.2) is 17.9 Å². The highest BCUT2D eigenvalue weighted by Crippen LogP contribution is 2.24. The zero-order chi connectivity index (χ0) is 18.4. The van der Waals surface area contributed by atoms with Gasteiger partial charge in [0.2, 0.25) is 10.0 Å². The molecule has 2 aromatic carbocycles. The van der Waals surface area contributed by atoms with Crippen LogP contribution in [0.2, 0.25) is 10.0 Å². The van der Waals surface area contributed by atoms with Crippen LogP contribution in [0.1, 0.15) is 15.9 Å². The van der Waals surface area contributed by atoms with Crippen molar-refractivity contribution in [2.45, 2.75) is 11.4 Å². The van der Waals surface area contributed by atoms with Crippen LogP contribution >= 0.6 is 23.2 Å². The molecule has 0 aromatic heterocycles. The minimum Gasteiger partial charge on any atom is -0.447 e. The zero-order valence-corrected chi connectivity index (χ0v) is 15.0. The Morgan fingerprint density at radius 2 is 1.80 bits per heavy atom. The monoisotopic (exact) mass is 398 g/mol. The molecule has 0 bridgehead atoms. The van der Waals surface area contributed by atoms with Crippen molar-refractivity contribution in [1.82, 2.24) is 4.72 Å². The number of carbonyl (C=O) groups excluding carboxylic acids is 1. The molecule has 6 nitrogen and oxygen atoms in total. The summed E-state index contributed by atoms with van der Waals surface area (Å²) < 4.78 is 31.6. The van der Waals surface area contributed by atoms with E-state index in [1.54, 1.807) is 18.2 Å². The molecule has 0 saturated carbocycles. The number of halogens is 2. The third-order valence-corrected chi connectivity index (χ3v) is 5.26. The molecule has 0 amide bonds. The third-order valence-electron chi connectivity index (χ3n) is 3.13. The first-order valence-corrected chi connectivity index (χ1v) is 9.15. The van der Waals surface area contributed by atoms with E-state index >= 15 is 0 Å². The van der Waals surface area contributed by atoms with Crippen LogP contribution in [0.4, 0.5) is 0 Å². The number of nitrogens with one attached hydrogen (secondary N) is 1. The number of sulfonamides is 1. The van der Waals surface area contributed by atoms with Gasteiger partial charge in [-0.3, -0.25) is 0 Å². The summed E-state index contributed by atoms with van der Waals surface area (Å²) in [5, 5.41) is 8.78. The average Bonchev–Trinajstić information content (AvgIpc) is 2.60. The molecule has 0 heterocycles. The minimum absolute atomic E-state index is 0.00129. The lowest BCUT2D eigenvalue weighted by Crippen LogP contribution is -2.23. The fourth-order valence-corrected chi connectivity index (χ4v) is 3.25. The Hall–Kier alpha value is -2.11. The van der Waals surface area contributed by atoms with Gasteiger partial charge in [0, 0.05) is 6.54 Å². The predicted octanol–water partition coefficient (Wildman–Crippen LogP) is 3.15. The molecule has 2 rings (SSSR count). The summed E-state index contributed by atoms with van der Waals surface area (Å²) in [6.07, 6.45) is 0. The van der Waals surface area contributed by atoms with Crippen LogP contribution in [0.5, 0.6) is 0 Å². The van der Waals surface area contributed by atoms with Crippen LogP contribution in [0.25, 0.3) is 0 Å². The van der Waals surface area contributed by atoms with Gasteiger partial charge in [0.15, 0.2) is 6.61 Å². The molecule has 9 heteroatoms. The van der Waals surface area contributed by atoms with Gasteiger partial charge in [-0.15, -0.1) is 0 Å². The average molecular weight is 399 g/mol. The lowest BCUT2D eigenvalue weighted by Gasteiger charge is -2.08. The number of hydrogen-bond donors (Lipinski definition) is 1. The van der Waals surface area contributed by atoms with Gasteiger partial charge in [-0.2, -0.15) is 5.26 Å². The van der Waals surface area contributed by atoms with Crippen LogP contribution in [-0.4, -0.2) is 21.0 Å². The SMILES string of the molecule is N#CCOC(=O)c1ccc(CNS(=O)(=O)c2ccc(Cl)c(Cl)c2)cc1. The van der Waals surface area contributed by atoms with Gasteiger partial charge in [0.05, 0.1) is 20.5 Å². The second-order valence-corrected chi connectivity index (χ2v) is 7.41. The Bertz CT molecular complexity index is 922. The highest BCUT2D eigenvalue weighted by atomic mass is 35.5. The van der Waals surface area contributed by atoms with E-state index in [1.165, 1.54) is 30.3 Å². The lowest BCUT2D eigenvalue weighted by molar-refractivity contribution is 0.0555. The van der Waals surface area contributed by atoms with Crippen molar-refractivity contribution in [2.24, 2.45) is 0 Å². The molecule has 0 aliphatic rings. The van der Waals surface area contributed by atoms with Crippen LogP contribution < -0.4 is 4.72 Å². The molecule has 25 heavy (non-hydrogen) atoms. The number of nitrogens with zero attached hydrogens (tertiary/aromatic N) is 1. The third kappa shape index (κ3) is 5.18. The van der Waals surface area contributed by atoms with Gasteiger partial charge < -0.3 is 4.74 Å². The molecule has 2 aromatic rings. The molecular weight excluding hydrogens is 387 g/mol. The molecule has 1 N–H and O–H groups in total. The second-order valence-electron chi connectivity index (χ2n) is 4.83. The van der Waals surface area contributed by atoms with Crippen molar-refractivity contribution in [3.63, 3.8) is 0 Å². The number of nitriles is 1. The summed E-state index contributed by atoms with van der Waals surface area (Å²) >= 11 is 11.6. The van der Waals surface area contributed by atoms with E-state index < -0.39 is 16.0 Å². The molecule has 0 radical (unpaired) electrons. The van der Waals surface area contributed by atoms with Crippen LogP contribution in [0, 0.1) is 11.3 Å². The molecule has 0 spiro atoms. The number of esters is 1. The van der Waals surface area contributed by atoms with Crippen LogP contribution in [0.15, 0.2) is 47.4 Å². The molecule has 130 valence electrons. The van der Waals surface area contributed by atoms with Crippen molar-refractivity contribution in [1.29, 1.82) is 5.26 Å². The molecule has 0 fully saturated rings. The Kier molecular flexibility index (Phi) is 6.39. The maximum absolute atomic E-state index is 12.2. The van der Waals surface area contributed by atoms with Gasteiger partial charge >= 0.3 is 5.97 Å². The van der Waals surface area contributed by atoms with E-state index in [4.69, 9.17) is 28.5 Å². The Labute approximate surface area is 155 Å². The fourth-order valence-electron chi connectivity index (χ4n) is 1.85. The second kappa shape index (κ2) is 8.32. The van der Waals surface area contributed by atoms with Gasteiger partial charge in [0.25, 0.3) is 0 Å². The quantitative estimate of drug-likeness (QED) is 0.753. The summed E-state index contributed by atoms with van der Waals surface area (Å²) in [4.78, 5) is 11.6. The maximum Gasteiger partial charge on any atom is 0.339 e. The highest BCUT2D eigenvalue weighted by molar-refractivity contribution is 7.89. The first-order valence-electron chi connectivity index (χ1n) is 6.91. The summed E-state index contributed by atoms with van der Waals surface area (Å²) in [7, 11) is -3.76. The van der Waals surface area contributed by atoms with E-state index in [9.17, 15) is 13.2 Å². The molecule has 0 aliphatic heterocycles. The van der Waals surface area contributed by atoms with Crippen molar-refractivity contribution in [3.05, 3.63) is 63.6 Å². The zero-order valence-electron chi connectivity index (χ0n) is 12.7. The van der Waals surface area contributed by atoms with E-state index in [2.05, 4.69) is 9.46 Å². The predicted molar refractivity (Wildman–Crippen MR) is 92.8 cm³/mol. The van der Waals surface area contributed by atoms with Crippen LogP contribution in [-0.2, 0) is 21.3 Å². The summed E-state index contributed by atoms with van der Waals surface area (Å²) in [6.45, 7) is -0.305. The number of benzene rings is 2. The maximum atomic E-state index is 12.2. The van der Waals surface area contributed by atoms with Gasteiger partial charge in [0.1, 0.15) is 6.07 Å². The summed E-state index contributed by atoms with van der Waals surface area (Å²) in [6, 6.07) is 11.9. The molecule has 0 atom stereocenters. The number of ether oxygens (including phenoxy) is 1.